The van der Waals surface area contributed by atoms with Gasteiger partial charge in [0.1, 0.15) is 13.6 Å². The summed E-state index contributed by atoms with van der Waals surface area (Å²) in [4.78, 5) is 9.66. The van der Waals surface area contributed by atoms with Crippen molar-refractivity contribution in [1.29, 1.82) is 0 Å². The Morgan fingerprint density at radius 2 is 2.36 bits per heavy atom. The summed E-state index contributed by atoms with van der Waals surface area (Å²) in [7, 11) is 5.37. The van der Waals surface area contributed by atoms with Gasteiger partial charge in [-0.3, -0.25) is 10.1 Å². The molecule has 0 saturated carbocycles. The van der Waals surface area contributed by atoms with Crippen LogP contribution in [0.5, 0.6) is 5.75 Å². The molecule has 2 rings (SSSR count). The van der Waals surface area contributed by atoms with E-state index in [0.717, 1.165) is 0 Å². The third-order valence-electron chi connectivity index (χ3n) is 2.12. The van der Waals surface area contributed by atoms with Gasteiger partial charge in [-0.15, -0.1) is 0 Å². The molecule has 6 heteroatoms. The molecular weight excluding hydrogens is 188 g/mol. The Labute approximate surface area is 80.2 Å². The highest BCUT2D eigenvalue weighted by atomic mass is 19.1. The van der Waals surface area contributed by atoms with Crippen molar-refractivity contribution in [1.82, 2.24) is 0 Å². The van der Waals surface area contributed by atoms with Gasteiger partial charge in [0.25, 0.3) is 0 Å². The monoisotopic (exact) mass is 193 g/mol. The number of hydrogen-bond donors (Lipinski definition) is 0. The van der Waals surface area contributed by atoms with Gasteiger partial charge in [-0.05, 0) is 5.46 Å². The van der Waals surface area contributed by atoms with E-state index < -0.39 is 16.4 Å². The molecule has 0 atom stereocenters. The maximum absolute atomic E-state index is 13.3. The fourth-order valence-electron chi connectivity index (χ4n) is 1.46. The Morgan fingerprint density at radius 3 is 3.00 bits per heavy atom. The Hall–Kier alpha value is -1.59. The van der Waals surface area contributed by atoms with Gasteiger partial charge >= 0.3 is 5.69 Å². The largest absolute Gasteiger partial charge is 0.493 e. The van der Waals surface area contributed by atoms with Gasteiger partial charge < -0.3 is 4.74 Å². The molecule has 0 aliphatic carbocycles. The first-order valence-electron chi connectivity index (χ1n) is 3.99. The number of benzene rings is 1. The van der Waals surface area contributed by atoms with Gasteiger partial charge in [-0.1, -0.05) is 0 Å². The molecule has 0 unspecified atom stereocenters. The summed E-state index contributed by atoms with van der Waals surface area (Å²) in [5.74, 6) is -0.774. The molecule has 0 saturated heterocycles. The summed E-state index contributed by atoms with van der Waals surface area (Å²) in [6.45, 7) is 0.389. The van der Waals surface area contributed by atoms with E-state index in [1.807, 2.05) is 0 Å². The number of hydrogen-bond acceptors (Lipinski definition) is 3. The Bertz CT molecular complexity index is 422. The van der Waals surface area contributed by atoms with Crippen molar-refractivity contribution in [2.75, 3.05) is 6.61 Å². The van der Waals surface area contributed by atoms with E-state index in [2.05, 4.69) is 0 Å². The van der Waals surface area contributed by atoms with Crippen LogP contribution in [0, 0.1) is 15.9 Å². The van der Waals surface area contributed by atoms with E-state index in [4.69, 9.17) is 12.6 Å². The minimum Gasteiger partial charge on any atom is -0.493 e. The molecule has 4 nitrogen and oxygen atoms in total. The Balaban J connectivity index is 2.67. The van der Waals surface area contributed by atoms with Crippen molar-refractivity contribution < 1.29 is 14.1 Å². The van der Waals surface area contributed by atoms with Crippen LogP contribution in [0.2, 0.25) is 0 Å². The number of rotatable bonds is 1. The van der Waals surface area contributed by atoms with Crippen molar-refractivity contribution in [3.05, 3.63) is 27.6 Å². The first-order valence-corrected chi connectivity index (χ1v) is 3.99. The first kappa shape index (κ1) is 8.99. The molecule has 0 amide bonds. The second kappa shape index (κ2) is 2.97. The fraction of sp³-hybridized carbons (Fsp3) is 0.250. The first-order chi connectivity index (χ1) is 6.61. The lowest BCUT2D eigenvalue weighted by molar-refractivity contribution is -0.387. The van der Waals surface area contributed by atoms with E-state index in [1.54, 1.807) is 0 Å². The SMILES string of the molecule is [B]c1c(F)c([N+](=O)[O-])cc2c1OCC2. The van der Waals surface area contributed by atoms with Crippen molar-refractivity contribution in [2.24, 2.45) is 0 Å². The van der Waals surface area contributed by atoms with E-state index in [1.165, 1.54) is 6.07 Å². The van der Waals surface area contributed by atoms with Gasteiger partial charge in [0.15, 0.2) is 5.82 Å². The molecule has 0 aromatic heterocycles. The molecular formula is C8H5BFNO3. The molecule has 1 aromatic carbocycles. The van der Waals surface area contributed by atoms with Crippen molar-refractivity contribution in [2.45, 2.75) is 6.42 Å². The van der Waals surface area contributed by atoms with Crippen LogP contribution < -0.4 is 10.2 Å². The second-order valence-electron chi connectivity index (χ2n) is 2.97. The molecule has 2 radical (unpaired) electrons. The van der Waals surface area contributed by atoms with Gasteiger partial charge in [0.2, 0.25) is 0 Å². The number of nitro benzene ring substituents is 1. The van der Waals surface area contributed by atoms with Crippen LogP contribution >= 0.6 is 0 Å². The second-order valence-corrected chi connectivity index (χ2v) is 2.97. The smallest absolute Gasteiger partial charge is 0.304 e. The highest BCUT2D eigenvalue weighted by Gasteiger charge is 2.25. The number of nitro groups is 1. The van der Waals surface area contributed by atoms with E-state index in [9.17, 15) is 14.5 Å². The summed E-state index contributed by atoms with van der Waals surface area (Å²) >= 11 is 0. The van der Waals surface area contributed by atoms with Crippen LogP contribution in [-0.2, 0) is 6.42 Å². The average molecular weight is 193 g/mol. The predicted molar refractivity (Wildman–Crippen MR) is 47.6 cm³/mol. The molecule has 1 aliphatic rings. The quantitative estimate of drug-likeness (QED) is 0.369. The normalized spacial score (nSPS) is 13.5. The maximum Gasteiger partial charge on any atom is 0.304 e. The van der Waals surface area contributed by atoms with Gasteiger partial charge in [-0.25, -0.2) is 0 Å². The fourth-order valence-corrected chi connectivity index (χ4v) is 1.46. The van der Waals surface area contributed by atoms with Crippen LogP contribution in [0.3, 0.4) is 0 Å². The van der Waals surface area contributed by atoms with E-state index >= 15 is 0 Å². The minimum atomic E-state index is -1.02. The Kier molecular flexibility index (Phi) is 1.91. The summed E-state index contributed by atoms with van der Waals surface area (Å²) in [5.41, 5.74) is -0.269. The highest BCUT2D eigenvalue weighted by molar-refractivity contribution is 6.35. The third kappa shape index (κ3) is 1.14. The molecule has 0 fully saturated rings. The molecule has 14 heavy (non-hydrogen) atoms. The zero-order valence-electron chi connectivity index (χ0n) is 7.12. The minimum absolute atomic E-state index is 0.244. The standard InChI is InChI=1S/C8H5BFNO3/c9-6-7(10)5(11(12)13)3-4-1-2-14-8(4)6/h3H,1-2H2. The van der Waals surface area contributed by atoms with Crippen LogP contribution in [0.4, 0.5) is 10.1 Å². The van der Waals surface area contributed by atoms with Crippen LogP contribution in [0.1, 0.15) is 5.56 Å². The molecule has 70 valence electrons. The number of halogens is 1. The topological polar surface area (TPSA) is 52.4 Å². The van der Waals surface area contributed by atoms with Crippen molar-refractivity contribution >= 4 is 19.0 Å². The predicted octanol–water partition coefficient (Wildman–Crippen LogP) is 0.463. The summed E-state index contributed by atoms with van der Waals surface area (Å²) in [5, 5.41) is 10.4. The molecule has 1 aliphatic heterocycles. The molecule has 0 spiro atoms. The zero-order chi connectivity index (χ0) is 10.3. The highest BCUT2D eigenvalue weighted by Crippen LogP contribution is 2.28. The molecule has 1 heterocycles. The molecule has 0 bridgehead atoms. The van der Waals surface area contributed by atoms with Gasteiger partial charge in [0.05, 0.1) is 11.5 Å². The summed E-state index contributed by atoms with van der Waals surface area (Å²) < 4.78 is 18.3. The zero-order valence-corrected chi connectivity index (χ0v) is 7.12. The molecule has 1 aromatic rings. The summed E-state index contributed by atoms with van der Waals surface area (Å²) in [6.07, 6.45) is 0.528. The lowest BCUT2D eigenvalue weighted by Gasteiger charge is -2.05. The van der Waals surface area contributed by atoms with Crippen molar-refractivity contribution in [3.63, 3.8) is 0 Å². The average Bonchev–Trinajstić information content (AvgIpc) is 2.58. The number of nitrogens with zero attached hydrogens (tertiary/aromatic N) is 1. The van der Waals surface area contributed by atoms with E-state index in [0.29, 0.717) is 18.6 Å². The summed E-state index contributed by atoms with van der Waals surface area (Å²) in [6, 6.07) is 1.17. The lowest BCUT2D eigenvalue weighted by atomic mass is 9.91. The van der Waals surface area contributed by atoms with Crippen LogP contribution in [0.15, 0.2) is 6.07 Å². The number of ether oxygens (including phenoxy) is 1. The van der Waals surface area contributed by atoms with Gasteiger partial charge in [0, 0.05) is 18.1 Å². The van der Waals surface area contributed by atoms with Crippen molar-refractivity contribution in [3.8, 4) is 5.75 Å². The maximum atomic E-state index is 13.3. The Morgan fingerprint density at radius 1 is 1.64 bits per heavy atom. The molecule has 0 N–H and O–H groups in total. The lowest BCUT2D eigenvalue weighted by Crippen LogP contribution is -2.14. The van der Waals surface area contributed by atoms with Crippen LogP contribution in [0.25, 0.3) is 0 Å². The van der Waals surface area contributed by atoms with Crippen LogP contribution in [-0.4, -0.2) is 19.4 Å². The van der Waals surface area contributed by atoms with Gasteiger partial charge in [-0.2, -0.15) is 4.39 Å². The number of fused-ring (bicyclic) bond motifs is 1. The van der Waals surface area contributed by atoms with E-state index in [-0.39, 0.29) is 11.2 Å². The third-order valence-corrected chi connectivity index (χ3v) is 2.12.